The molecule has 0 radical (unpaired) electrons. The molecule has 20 heavy (non-hydrogen) atoms. The first-order chi connectivity index (χ1) is 9.72. The first kappa shape index (κ1) is 13.3. The number of hydrogen-bond acceptors (Lipinski definition) is 5. The summed E-state index contributed by atoms with van der Waals surface area (Å²) < 4.78 is 6.69. The fraction of sp³-hybridized carbons (Fsp3) is 0.643. The molecule has 2 aliphatic rings. The van der Waals surface area contributed by atoms with E-state index in [4.69, 9.17) is 4.42 Å². The second-order valence-electron chi connectivity index (χ2n) is 5.64. The minimum atomic E-state index is -0.373. The van der Waals surface area contributed by atoms with Crippen LogP contribution in [0.15, 0.2) is 20.3 Å². The Kier molecular flexibility index (Phi) is 3.82. The predicted molar refractivity (Wildman–Crippen MR) is 76.7 cm³/mol. The van der Waals surface area contributed by atoms with E-state index in [1.54, 1.807) is 6.21 Å². The summed E-state index contributed by atoms with van der Waals surface area (Å²) in [4.78, 5) is 18.3. The Morgan fingerprint density at radius 2 is 2.40 bits per heavy atom. The van der Waals surface area contributed by atoms with E-state index in [9.17, 15) is 4.79 Å². The average molecular weight is 276 g/mol. The van der Waals surface area contributed by atoms with E-state index >= 15 is 0 Å². The zero-order valence-corrected chi connectivity index (χ0v) is 11.8. The summed E-state index contributed by atoms with van der Waals surface area (Å²) in [6.07, 6.45) is 6.83. The number of likely N-dealkylation sites (tertiary alicyclic amines) is 1. The van der Waals surface area contributed by atoms with Gasteiger partial charge in [0.15, 0.2) is 0 Å². The van der Waals surface area contributed by atoms with E-state index in [0.717, 1.165) is 31.6 Å². The first-order valence-corrected chi connectivity index (χ1v) is 7.22. The van der Waals surface area contributed by atoms with Gasteiger partial charge in [-0.1, -0.05) is 6.92 Å². The molecule has 0 saturated carbocycles. The van der Waals surface area contributed by atoms with Crippen LogP contribution in [0.5, 0.6) is 0 Å². The highest BCUT2D eigenvalue weighted by Gasteiger charge is 2.19. The van der Waals surface area contributed by atoms with E-state index in [0.29, 0.717) is 18.5 Å². The molecular weight excluding hydrogens is 256 g/mol. The second kappa shape index (κ2) is 5.75. The Hall–Kier alpha value is -1.69. The summed E-state index contributed by atoms with van der Waals surface area (Å²) in [7, 11) is 0. The van der Waals surface area contributed by atoms with Gasteiger partial charge in [-0.05, 0) is 37.8 Å². The molecule has 0 aromatic carbocycles. The third kappa shape index (κ3) is 2.90. The number of dihydropyridines is 1. The zero-order valence-electron chi connectivity index (χ0n) is 11.8. The Balaban J connectivity index is 1.74. The van der Waals surface area contributed by atoms with Gasteiger partial charge in [0.25, 0.3) is 0 Å². The molecule has 1 fully saturated rings. The minimum absolute atomic E-state index is 0.373. The Morgan fingerprint density at radius 1 is 1.50 bits per heavy atom. The molecule has 1 atom stereocenters. The molecular formula is C14H20N4O2. The van der Waals surface area contributed by atoms with Crippen molar-refractivity contribution in [3.05, 3.63) is 22.5 Å². The lowest BCUT2D eigenvalue weighted by atomic mass is 10.0. The third-order valence-electron chi connectivity index (χ3n) is 3.85. The van der Waals surface area contributed by atoms with Gasteiger partial charge in [-0.2, -0.15) is 4.68 Å². The van der Waals surface area contributed by atoms with Crippen molar-refractivity contribution in [1.82, 2.24) is 14.7 Å². The quantitative estimate of drug-likeness (QED) is 0.836. The van der Waals surface area contributed by atoms with Crippen LogP contribution in [0.1, 0.15) is 32.1 Å². The molecule has 1 saturated heterocycles. The van der Waals surface area contributed by atoms with Gasteiger partial charge in [0.2, 0.25) is 5.89 Å². The molecule has 6 nitrogen and oxygen atoms in total. The van der Waals surface area contributed by atoms with Crippen molar-refractivity contribution in [3.63, 3.8) is 0 Å². The van der Waals surface area contributed by atoms with E-state index < -0.39 is 0 Å². The summed E-state index contributed by atoms with van der Waals surface area (Å²) in [5, 5.41) is 4.32. The Bertz CT molecular complexity index is 584. The Labute approximate surface area is 117 Å². The summed E-state index contributed by atoms with van der Waals surface area (Å²) >= 11 is 0. The number of allylic oxidation sites excluding steroid dienone is 1. The van der Waals surface area contributed by atoms with Crippen molar-refractivity contribution in [1.29, 1.82) is 0 Å². The van der Waals surface area contributed by atoms with Crippen molar-refractivity contribution < 1.29 is 4.42 Å². The number of rotatable bonds is 3. The summed E-state index contributed by atoms with van der Waals surface area (Å²) in [5.41, 5.74) is 0.947. The van der Waals surface area contributed by atoms with Crippen LogP contribution in [0.2, 0.25) is 0 Å². The lowest BCUT2D eigenvalue weighted by Crippen LogP contribution is -2.38. The topological polar surface area (TPSA) is 63.6 Å². The largest absolute Gasteiger partial charge is 0.438 e. The van der Waals surface area contributed by atoms with Crippen LogP contribution in [-0.4, -0.2) is 40.5 Å². The fourth-order valence-electron chi connectivity index (χ4n) is 2.79. The van der Waals surface area contributed by atoms with Crippen LogP contribution in [0.25, 0.3) is 5.57 Å². The lowest BCUT2D eigenvalue weighted by Gasteiger charge is -2.29. The number of hydrogen-bond donors (Lipinski definition) is 0. The van der Waals surface area contributed by atoms with Gasteiger partial charge in [0, 0.05) is 24.9 Å². The molecule has 3 heterocycles. The van der Waals surface area contributed by atoms with Gasteiger partial charge in [0.05, 0.1) is 0 Å². The van der Waals surface area contributed by atoms with Gasteiger partial charge in [-0.15, -0.1) is 5.10 Å². The monoisotopic (exact) mass is 276 g/mol. The van der Waals surface area contributed by atoms with E-state index in [1.165, 1.54) is 17.5 Å². The molecule has 0 amide bonds. The molecule has 1 aromatic heterocycles. The molecule has 0 bridgehead atoms. The molecule has 3 rings (SSSR count). The first-order valence-electron chi connectivity index (χ1n) is 7.22. The number of piperidine rings is 1. The fourth-order valence-corrected chi connectivity index (χ4v) is 2.79. The van der Waals surface area contributed by atoms with Crippen LogP contribution >= 0.6 is 0 Å². The average Bonchev–Trinajstić information content (AvgIpc) is 2.81. The van der Waals surface area contributed by atoms with Gasteiger partial charge in [-0.3, -0.25) is 9.89 Å². The highest BCUT2D eigenvalue weighted by molar-refractivity contribution is 5.84. The van der Waals surface area contributed by atoms with E-state index in [-0.39, 0.29) is 5.76 Å². The maximum Gasteiger partial charge on any atom is 0.438 e. The van der Waals surface area contributed by atoms with Crippen molar-refractivity contribution in [3.8, 4) is 0 Å². The second-order valence-corrected chi connectivity index (χ2v) is 5.64. The van der Waals surface area contributed by atoms with Crippen LogP contribution in [-0.2, 0) is 6.67 Å². The molecule has 0 aliphatic carbocycles. The van der Waals surface area contributed by atoms with Crippen LogP contribution < -0.4 is 5.76 Å². The Morgan fingerprint density at radius 3 is 3.15 bits per heavy atom. The minimum Gasteiger partial charge on any atom is -0.388 e. The van der Waals surface area contributed by atoms with Crippen LogP contribution in [0, 0.1) is 5.92 Å². The van der Waals surface area contributed by atoms with Crippen molar-refractivity contribution in [2.45, 2.75) is 32.9 Å². The smallest absolute Gasteiger partial charge is 0.388 e. The van der Waals surface area contributed by atoms with E-state index in [2.05, 4.69) is 21.9 Å². The standard InChI is InChI=1S/C14H20N4O2/c1-11-3-2-8-17(9-11)10-18-14(19)20-13(16-18)12-4-6-15-7-5-12/h4,6,11H,2-3,5,7-10H2,1H3. The van der Waals surface area contributed by atoms with Crippen molar-refractivity contribution in [2.24, 2.45) is 10.9 Å². The number of aliphatic imine (C=N–C) groups is 1. The molecule has 108 valence electrons. The zero-order chi connectivity index (χ0) is 13.9. The number of nitrogens with zero attached hydrogens (tertiary/aromatic N) is 4. The van der Waals surface area contributed by atoms with Crippen LogP contribution in [0.3, 0.4) is 0 Å². The maximum absolute atomic E-state index is 11.9. The predicted octanol–water partition coefficient (Wildman–Crippen LogP) is 1.38. The maximum atomic E-state index is 11.9. The third-order valence-corrected chi connectivity index (χ3v) is 3.85. The SMILES string of the molecule is CC1CCCN(Cn2nc(C3=CC=NCC3)oc2=O)C1. The molecule has 1 aromatic rings. The highest BCUT2D eigenvalue weighted by atomic mass is 16.4. The number of aromatic nitrogens is 2. The van der Waals surface area contributed by atoms with Gasteiger partial charge in [-0.25, -0.2) is 4.79 Å². The normalized spacial score (nSPS) is 23.9. The van der Waals surface area contributed by atoms with Gasteiger partial charge < -0.3 is 4.42 Å². The summed E-state index contributed by atoms with van der Waals surface area (Å²) in [6, 6.07) is 0. The molecule has 6 heteroatoms. The van der Waals surface area contributed by atoms with Crippen molar-refractivity contribution >= 4 is 11.8 Å². The molecule has 0 N–H and O–H groups in total. The van der Waals surface area contributed by atoms with Crippen molar-refractivity contribution in [2.75, 3.05) is 19.6 Å². The molecule has 2 aliphatic heterocycles. The summed E-state index contributed by atoms with van der Waals surface area (Å²) in [6.45, 7) is 5.54. The van der Waals surface area contributed by atoms with E-state index in [1.807, 2.05) is 6.08 Å². The summed E-state index contributed by atoms with van der Waals surface area (Å²) in [5.74, 6) is 0.746. The van der Waals surface area contributed by atoms with Crippen LogP contribution in [0.4, 0.5) is 0 Å². The van der Waals surface area contributed by atoms with Gasteiger partial charge >= 0.3 is 5.76 Å². The lowest BCUT2D eigenvalue weighted by molar-refractivity contribution is 0.135. The molecule has 1 unspecified atom stereocenters. The highest BCUT2D eigenvalue weighted by Crippen LogP contribution is 2.18. The molecule has 0 spiro atoms. The van der Waals surface area contributed by atoms with Gasteiger partial charge in [0.1, 0.15) is 6.67 Å².